The van der Waals surface area contributed by atoms with Crippen molar-refractivity contribution in [1.82, 2.24) is 0 Å². The molecule has 15 heavy (non-hydrogen) atoms. The number of carboxylic acid groups (broad SMARTS) is 1. The van der Waals surface area contributed by atoms with Gasteiger partial charge in [-0.2, -0.15) is 0 Å². The van der Waals surface area contributed by atoms with Crippen LogP contribution >= 0.6 is 0 Å². The summed E-state index contributed by atoms with van der Waals surface area (Å²) >= 11 is 0. The molecule has 0 spiro atoms. The van der Waals surface area contributed by atoms with Gasteiger partial charge in [-0.15, -0.1) is 13.2 Å². The van der Waals surface area contributed by atoms with Crippen molar-refractivity contribution in [2.75, 3.05) is 6.61 Å². The summed E-state index contributed by atoms with van der Waals surface area (Å²) in [6.45, 7) is 7.34. The fraction of sp³-hybridized carbons (Fsp3) is 0.545. The largest absolute Gasteiger partial charge is 0.481 e. The number of aliphatic carboxylic acids is 1. The lowest BCUT2D eigenvalue weighted by Gasteiger charge is -2.19. The highest BCUT2D eigenvalue weighted by atomic mass is 17.1. The zero-order valence-corrected chi connectivity index (χ0v) is 8.50. The Morgan fingerprint density at radius 2 is 2.00 bits per heavy atom. The van der Waals surface area contributed by atoms with E-state index >= 15 is 0 Å². The van der Waals surface area contributed by atoms with Crippen LogP contribution in [0, 0.1) is 23.7 Å². The molecular formula is C11H16O4. The summed E-state index contributed by atoms with van der Waals surface area (Å²) < 4.78 is 0. The molecule has 4 atom stereocenters. The van der Waals surface area contributed by atoms with E-state index in [0.29, 0.717) is 6.42 Å². The van der Waals surface area contributed by atoms with E-state index in [0.717, 1.165) is 0 Å². The molecule has 0 aromatic rings. The average molecular weight is 212 g/mol. The lowest BCUT2D eigenvalue weighted by atomic mass is 9.87. The van der Waals surface area contributed by atoms with E-state index in [4.69, 9.17) is 10.4 Å². The van der Waals surface area contributed by atoms with Crippen molar-refractivity contribution in [3.05, 3.63) is 25.3 Å². The predicted molar refractivity (Wildman–Crippen MR) is 55.2 cm³/mol. The van der Waals surface area contributed by atoms with E-state index in [-0.39, 0.29) is 24.4 Å². The first-order chi connectivity index (χ1) is 7.15. The fourth-order valence-corrected chi connectivity index (χ4v) is 2.41. The van der Waals surface area contributed by atoms with Gasteiger partial charge < -0.3 is 5.11 Å². The van der Waals surface area contributed by atoms with Gasteiger partial charge in [0.2, 0.25) is 0 Å². The maximum Gasteiger partial charge on any atom is 0.307 e. The van der Waals surface area contributed by atoms with Crippen molar-refractivity contribution in [2.45, 2.75) is 6.42 Å². The number of hydrogen-bond donors (Lipinski definition) is 2. The van der Waals surface area contributed by atoms with Crippen LogP contribution in [0.3, 0.4) is 0 Å². The molecule has 4 nitrogen and oxygen atoms in total. The number of hydrogen-bond acceptors (Lipinski definition) is 3. The summed E-state index contributed by atoms with van der Waals surface area (Å²) in [5.74, 6) is -1.66. The minimum atomic E-state index is -0.869. The Morgan fingerprint density at radius 3 is 2.40 bits per heavy atom. The second kappa shape index (κ2) is 5.09. The van der Waals surface area contributed by atoms with E-state index in [2.05, 4.69) is 18.0 Å². The van der Waals surface area contributed by atoms with E-state index in [1.54, 1.807) is 12.2 Å². The van der Waals surface area contributed by atoms with Crippen molar-refractivity contribution >= 4 is 5.97 Å². The van der Waals surface area contributed by atoms with Gasteiger partial charge in [-0.25, -0.2) is 4.89 Å². The van der Waals surface area contributed by atoms with Gasteiger partial charge in [0.1, 0.15) is 0 Å². The molecule has 4 unspecified atom stereocenters. The standard InChI is InChI=1S/C11H16O4/c1-3-7-5-8(4-2)10(11(12)13)9(7)6-15-14/h3-4,7-10,14H,1-2,5-6H2,(H,12,13). The number of rotatable bonds is 5. The van der Waals surface area contributed by atoms with Gasteiger partial charge in [0.05, 0.1) is 12.5 Å². The van der Waals surface area contributed by atoms with Crippen molar-refractivity contribution in [3.8, 4) is 0 Å². The summed E-state index contributed by atoms with van der Waals surface area (Å²) in [5, 5.41) is 17.6. The Labute approximate surface area is 88.8 Å². The smallest absolute Gasteiger partial charge is 0.307 e. The Balaban J connectivity index is 2.89. The first kappa shape index (κ1) is 11.9. The minimum absolute atomic E-state index is 0.0258. The highest BCUT2D eigenvalue weighted by molar-refractivity contribution is 5.71. The van der Waals surface area contributed by atoms with Crippen LogP contribution in [-0.4, -0.2) is 22.9 Å². The SMILES string of the molecule is C=CC1CC(C=C)C(C(=O)O)C1COO. The molecule has 0 aromatic heterocycles. The summed E-state index contributed by atoms with van der Waals surface area (Å²) in [5.41, 5.74) is 0. The monoisotopic (exact) mass is 212 g/mol. The number of carbonyl (C=O) groups is 1. The molecule has 1 aliphatic rings. The van der Waals surface area contributed by atoms with Gasteiger partial charge >= 0.3 is 5.97 Å². The molecule has 2 N–H and O–H groups in total. The van der Waals surface area contributed by atoms with Gasteiger partial charge in [0, 0.05) is 5.92 Å². The molecule has 0 aliphatic heterocycles. The van der Waals surface area contributed by atoms with Crippen LogP contribution < -0.4 is 0 Å². The van der Waals surface area contributed by atoms with Crippen molar-refractivity contribution in [2.24, 2.45) is 23.7 Å². The van der Waals surface area contributed by atoms with E-state index in [9.17, 15) is 4.79 Å². The lowest BCUT2D eigenvalue weighted by Crippen LogP contribution is -2.28. The van der Waals surface area contributed by atoms with Crippen LogP contribution in [0.2, 0.25) is 0 Å². The highest BCUT2D eigenvalue weighted by Gasteiger charge is 2.44. The average Bonchev–Trinajstić information content (AvgIpc) is 2.56. The summed E-state index contributed by atoms with van der Waals surface area (Å²) in [6.07, 6.45) is 4.09. The zero-order chi connectivity index (χ0) is 11.4. The maximum atomic E-state index is 11.1. The van der Waals surface area contributed by atoms with Crippen LogP contribution in [0.25, 0.3) is 0 Å². The molecule has 0 saturated heterocycles. The molecule has 0 heterocycles. The first-order valence-corrected chi connectivity index (χ1v) is 4.90. The summed E-state index contributed by atoms with van der Waals surface area (Å²) in [4.78, 5) is 15.2. The second-order valence-electron chi connectivity index (χ2n) is 3.86. The van der Waals surface area contributed by atoms with Gasteiger partial charge in [-0.1, -0.05) is 12.2 Å². The molecule has 4 heteroatoms. The Kier molecular flexibility index (Phi) is 4.05. The minimum Gasteiger partial charge on any atom is -0.481 e. The number of carboxylic acids is 1. The van der Waals surface area contributed by atoms with Crippen molar-refractivity contribution < 1.29 is 20.0 Å². The van der Waals surface area contributed by atoms with Gasteiger partial charge in [-0.05, 0) is 18.3 Å². The molecular weight excluding hydrogens is 196 g/mol. The highest BCUT2D eigenvalue weighted by Crippen LogP contribution is 2.43. The normalized spacial score (nSPS) is 35.0. The Hall–Kier alpha value is -1.13. The Morgan fingerprint density at radius 1 is 1.40 bits per heavy atom. The molecule has 0 bridgehead atoms. The van der Waals surface area contributed by atoms with Crippen LogP contribution in [0.5, 0.6) is 0 Å². The molecule has 1 rings (SSSR count). The predicted octanol–water partition coefficient (Wildman–Crippen LogP) is 1.80. The molecule has 1 aliphatic carbocycles. The summed E-state index contributed by atoms with van der Waals surface area (Å²) in [7, 11) is 0. The van der Waals surface area contributed by atoms with Crippen molar-refractivity contribution in [3.63, 3.8) is 0 Å². The zero-order valence-electron chi connectivity index (χ0n) is 8.50. The van der Waals surface area contributed by atoms with Crippen molar-refractivity contribution in [1.29, 1.82) is 0 Å². The first-order valence-electron chi connectivity index (χ1n) is 4.90. The van der Waals surface area contributed by atoms with Gasteiger partial charge in [0.15, 0.2) is 0 Å². The number of allylic oxidation sites excluding steroid dienone is 2. The molecule has 0 radical (unpaired) electrons. The van der Waals surface area contributed by atoms with E-state index < -0.39 is 11.9 Å². The van der Waals surface area contributed by atoms with Crippen LogP contribution in [0.1, 0.15) is 6.42 Å². The fourth-order valence-electron chi connectivity index (χ4n) is 2.41. The topological polar surface area (TPSA) is 66.8 Å². The summed E-state index contributed by atoms with van der Waals surface area (Å²) in [6, 6.07) is 0. The molecule has 84 valence electrons. The molecule has 1 saturated carbocycles. The third-order valence-corrected chi connectivity index (χ3v) is 3.17. The van der Waals surface area contributed by atoms with Crippen LogP contribution in [-0.2, 0) is 9.68 Å². The third kappa shape index (κ3) is 2.27. The lowest BCUT2D eigenvalue weighted by molar-refractivity contribution is -0.254. The maximum absolute atomic E-state index is 11.1. The molecule has 1 fully saturated rings. The van der Waals surface area contributed by atoms with Gasteiger partial charge in [-0.3, -0.25) is 10.1 Å². The molecule has 0 amide bonds. The third-order valence-electron chi connectivity index (χ3n) is 3.17. The van der Waals surface area contributed by atoms with Gasteiger partial charge in [0.25, 0.3) is 0 Å². The van der Waals surface area contributed by atoms with Crippen LogP contribution in [0.15, 0.2) is 25.3 Å². The van der Waals surface area contributed by atoms with E-state index in [1.807, 2.05) is 0 Å². The molecule has 0 aromatic carbocycles. The van der Waals surface area contributed by atoms with E-state index in [1.165, 1.54) is 0 Å². The second-order valence-corrected chi connectivity index (χ2v) is 3.86. The quantitative estimate of drug-likeness (QED) is 0.414. The van der Waals surface area contributed by atoms with Crippen LogP contribution in [0.4, 0.5) is 0 Å². The Bertz CT molecular complexity index is 261.